The largest absolute Gasteiger partial charge is 0.390 e. The minimum Gasteiger partial charge on any atom is -0.390 e. The highest BCUT2D eigenvalue weighted by Crippen LogP contribution is 2.23. The molecule has 0 bridgehead atoms. The Morgan fingerprint density at radius 2 is 2.00 bits per heavy atom. The number of ether oxygens (including phenoxy) is 1. The molecule has 1 rings (SSSR count). The number of rotatable bonds is 7. The predicted octanol–water partition coefficient (Wildman–Crippen LogP) is 4.10. The van der Waals surface area contributed by atoms with Crippen molar-refractivity contribution >= 4 is 23.2 Å². The van der Waals surface area contributed by atoms with Gasteiger partial charge in [-0.2, -0.15) is 0 Å². The van der Waals surface area contributed by atoms with Gasteiger partial charge in [0.2, 0.25) is 0 Å². The van der Waals surface area contributed by atoms with Crippen LogP contribution in [0, 0.1) is 0 Å². The Morgan fingerprint density at radius 1 is 1.28 bits per heavy atom. The number of benzene rings is 1. The van der Waals surface area contributed by atoms with E-state index >= 15 is 0 Å². The molecular weight excluding hydrogens is 271 g/mol. The van der Waals surface area contributed by atoms with Crippen LogP contribution in [0.25, 0.3) is 0 Å². The Morgan fingerprint density at radius 3 is 2.56 bits per heavy atom. The molecule has 4 heteroatoms. The van der Waals surface area contributed by atoms with E-state index in [9.17, 15) is 5.11 Å². The van der Waals surface area contributed by atoms with E-state index in [0.29, 0.717) is 23.1 Å². The first-order chi connectivity index (χ1) is 8.58. The summed E-state index contributed by atoms with van der Waals surface area (Å²) >= 11 is 11.9. The molecule has 1 aromatic carbocycles. The second-order valence-electron chi connectivity index (χ2n) is 4.29. The fourth-order valence-electron chi connectivity index (χ4n) is 1.93. The molecule has 0 saturated heterocycles. The molecule has 0 amide bonds. The highest BCUT2D eigenvalue weighted by molar-refractivity contribution is 6.35. The first-order valence-corrected chi connectivity index (χ1v) is 7.07. The number of aliphatic hydroxyl groups excluding tert-OH is 1. The monoisotopic (exact) mass is 290 g/mol. The molecule has 0 fully saturated rings. The lowest BCUT2D eigenvalue weighted by Crippen LogP contribution is -2.31. The van der Waals surface area contributed by atoms with Crippen LogP contribution in [0.1, 0.15) is 32.3 Å². The van der Waals surface area contributed by atoms with Crippen LogP contribution in [0.4, 0.5) is 0 Å². The zero-order valence-corrected chi connectivity index (χ0v) is 12.3. The van der Waals surface area contributed by atoms with E-state index < -0.39 is 6.10 Å². The van der Waals surface area contributed by atoms with Gasteiger partial charge in [0, 0.05) is 23.1 Å². The smallest absolute Gasteiger partial charge is 0.0842 e. The summed E-state index contributed by atoms with van der Waals surface area (Å²) in [7, 11) is 0. The lowest BCUT2D eigenvalue weighted by molar-refractivity contribution is -0.0363. The zero-order valence-electron chi connectivity index (χ0n) is 10.8. The summed E-state index contributed by atoms with van der Waals surface area (Å²) < 4.78 is 5.56. The Bertz CT molecular complexity index is 363. The summed E-state index contributed by atoms with van der Waals surface area (Å²) in [6.45, 7) is 4.62. The van der Waals surface area contributed by atoms with Gasteiger partial charge in [0.25, 0.3) is 0 Å². The normalized spacial score (nSPS) is 14.5. The maximum absolute atomic E-state index is 10.2. The van der Waals surface area contributed by atoms with Crippen molar-refractivity contribution in [3.63, 3.8) is 0 Å². The van der Waals surface area contributed by atoms with Crippen LogP contribution in [0.5, 0.6) is 0 Å². The average Bonchev–Trinajstić information content (AvgIpc) is 2.32. The van der Waals surface area contributed by atoms with Gasteiger partial charge in [0.05, 0.1) is 12.2 Å². The van der Waals surface area contributed by atoms with Gasteiger partial charge in [-0.25, -0.2) is 0 Å². The van der Waals surface area contributed by atoms with Crippen molar-refractivity contribution in [3.05, 3.63) is 33.8 Å². The van der Waals surface area contributed by atoms with Crippen LogP contribution < -0.4 is 0 Å². The van der Waals surface area contributed by atoms with Crippen LogP contribution in [0.15, 0.2) is 18.2 Å². The molecular formula is C14H20Cl2O2. The predicted molar refractivity (Wildman–Crippen MR) is 76.5 cm³/mol. The van der Waals surface area contributed by atoms with E-state index in [1.807, 2.05) is 13.0 Å². The van der Waals surface area contributed by atoms with E-state index in [4.69, 9.17) is 27.9 Å². The van der Waals surface area contributed by atoms with Gasteiger partial charge in [0.15, 0.2) is 0 Å². The van der Waals surface area contributed by atoms with Gasteiger partial charge in [0.1, 0.15) is 0 Å². The summed E-state index contributed by atoms with van der Waals surface area (Å²) in [4.78, 5) is 0. The van der Waals surface area contributed by atoms with Crippen LogP contribution in [-0.2, 0) is 11.2 Å². The fourth-order valence-corrected chi connectivity index (χ4v) is 2.42. The van der Waals surface area contributed by atoms with E-state index in [2.05, 4.69) is 6.92 Å². The minimum absolute atomic E-state index is 0.133. The third-order valence-corrected chi connectivity index (χ3v) is 3.41. The van der Waals surface area contributed by atoms with Crippen LogP contribution >= 0.6 is 23.2 Å². The second-order valence-corrected chi connectivity index (χ2v) is 5.13. The maximum Gasteiger partial charge on any atom is 0.0842 e. The van der Waals surface area contributed by atoms with Crippen molar-refractivity contribution in [2.24, 2.45) is 0 Å². The summed E-state index contributed by atoms with van der Waals surface area (Å²) in [5, 5.41) is 11.4. The third kappa shape index (κ3) is 4.77. The van der Waals surface area contributed by atoms with E-state index in [0.717, 1.165) is 18.4 Å². The van der Waals surface area contributed by atoms with Gasteiger partial charge < -0.3 is 9.84 Å². The number of aliphatic hydroxyl groups is 1. The highest BCUT2D eigenvalue weighted by Gasteiger charge is 2.20. The number of halogens is 2. The molecule has 2 unspecified atom stereocenters. The van der Waals surface area contributed by atoms with Gasteiger partial charge >= 0.3 is 0 Å². The zero-order chi connectivity index (χ0) is 13.5. The van der Waals surface area contributed by atoms with Crippen molar-refractivity contribution in [2.75, 3.05) is 6.61 Å². The number of hydrogen-bond donors (Lipinski definition) is 1. The third-order valence-electron chi connectivity index (χ3n) is 2.83. The average molecular weight is 291 g/mol. The van der Waals surface area contributed by atoms with Gasteiger partial charge in [-0.3, -0.25) is 0 Å². The quantitative estimate of drug-likeness (QED) is 0.819. The molecule has 0 aliphatic carbocycles. The fraction of sp³-hybridized carbons (Fsp3) is 0.571. The molecule has 0 heterocycles. The summed E-state index contributed by atoms with van der Waals surface area (Å²) in [5.74, 6) is 0. The molecule has 0 radical (unpaired) electrons. The van der Waals surface area contributed by atoms with Crippen molar-refractivity contribution in [3.8, 4) is 0 Å². The second kappa shape index (κ2) is 8.00. The topological polar surface area (TPSA) is 29.5 Å². The molecule has 0 saturated carbocycles. The SMILES string of the molecule is CCCC(OCC)C(O)Cc1ccc(Cl)cc1Cl. The lowest BCUT2D eigenvalue weighted by Gasteiger charge is -2.23. The van der Waals surface area contributed by atoms with E-state index in [1.54, 1.807) is 12.1 Å². The first-order valence-electron chi connectivity index (χ1n) is 6.32. The molecule has 2 nitrogen and oxygen atoms in total. The van der Waals surface area contributed by atoms with Crippen molar-refractivity contribution in [1.29, 1.82) is 0 Å². The summed E-state index contributed by atoms with van der Waals surface area (Å²) in [6.07, 6.45) is 1.65. The van der Waals surface area contributed by atoms with Gasteiger partial charge in [-0.05, 0) is 31.0 Å². The molecule has 102 valence electrons. The van der Waals surface area contributed by atoms with Crippen LogP contribution in [-0.4, -0.2) is 23.9 Å². The highest BCUT2D eigenvalue weighted by atomic mass is 35.5. The molecule has 0 aliphatic heterocycles. The van der Waals surface area contributed by atoms with Crippen molar-refractivity contribution in [1.82, 2.24) is 0 Å². The molecule has 1 aromatic rings. The lowest BCUT2D eigenvalue weighted by atomic mass is 10.0. The Hall–Kier alpha value is -0.280. The van der Waals surface area contributed by atoms with Gasteiger partial charge in [-0.1, -0.05) is 42.6 Å². The molecule has 0 aromatic heterocycles. The first kappa shape index (κ1) is 15.8. The standard InChI is InChI=1S/C14H20Cl2O2/c1-3-5-14(18-4-2)13(17)8-10-6-7-11(15)9-12(10)16/h6-7,9,13-14,17H,3-5,8H2,1-2H3. The maximum atomic E-state index is 10.2. The Labute approximate surface area is 119 Å². The molecule has 2 atom stereocenters. The summed E-state index contributed by atoms with van der Waals surface area (Å²) in [5.41, 5.74) is 0.898. The Kier molecular flexibility index (Phi) is 7.02. The Balaban J connectivity index is 2.69. The minimum atomic E-state index is -0.538. The molecule has 18 heavy (non-hydrogen) atoms. The molecule has 1 N–H and O–H groups in total. The number of hydrogen-bond acceptors (Lipinski definition) is 2. The van der Waals surface area contributed by atoms with E-state index in [1.165, 1.54) is 0 Å². The van der Waals surface area contributed by atoms with Crippen molar-refractivity contribution < 1.29 is 9.84 Å². The molecule has 0 spiro atoms. The van der Waals surface area contributed by atoms with Crippen LogP contribution in [0.2, 0.25) is 10.0 Å². The molecule has 0 aliphatic rings. The van der Waals surface area contributed by atoms with E-state index in [-0.39, 0.29) is 6.10 Å². The van der Waals surface area contributed by atoms with Gasteiger partial charge in [-0.15, -0.1) is 0 Å². The summed E-state index contributed by atoms with van der Waals surface area (Å²) in [6, 6.07) is 5.33. The van der Waals surface area contributed by atoms with Crippen molar-refractivity contribution in [2.45, 2.75) is 45.3 Å². The van der Waals surface area contributed by atoms with Crippen LogP contribution in [0.3, 0.4) is 0 Å².